The number of hydrogen-bond donors (Lipinski definition) is 1. The van der Waals surface area contributed by atoms with Crippen LogP contribution >= 0.6 is 11.8 Å². The lowest BCUT2D eigenvalue weighted by molar-refractivity contribution is 0.102. The maximum atomic E-state index is 12.5. The Morgan fingerprint density at radius 2 is 1.74 bits per heavy atom. The van der Waals surface area contributed by atoms with Gasteiger partial charge in [-0.1, -0.05) is 26.0 Å². The van der Waals surface area contributed by atoms with Crippen LogP contribution in [0.4, 0.5) is 10.5 Å². The predicted molar refractivity (Wildman–Crippen MR) is 111 cm³/mol. The van der Waals surface area contributed by atoms with Gasteiger partial charge in [-0.05, 0) is 60.5 Å². The first-order valence-corrected chi connectivity index (χ1v) is 9.71. The molecular formula is C21H26N2O3S. The number of hydrogen-bond acceptors (Lipinski definition) is 4. The SMILES string of the molecule is CC(C)CCOc1ccc(C(=O)Nc2ccccc2SC(=O)N(C)C)cc1. The molecule has 0 saturated carbocycles. The van der Waals surface area contributed by atoms with Gasteiger partial charge in [-0.2, -0.15) is 0 Å². The van der Waals surface area contributed by atoms with Crippen LogP contribution in [0.25, 0.3) is 0 Å². The van der Waals surface area contributed by atoms with E-state index in [1.165, 1.54) is 4.90 Å². The van der Waals surface area contributed by atoms with Crippen molar-refractivity contribution < 1.29 is 14.3 Å². The molecule has 1 N–H and O–H groups in total. The first kappa shape index (κ1) is 20.8. The van der Waals surface area contributed by atoms with E-state index in [-0.39, 0.29) is 11.1 Å². The molecule has 0 aromatic heterocycles. The highest BCUT2D eigenvalue weighted by Gasteiger charge is 2.13. The van der Waals surface area contributed by atoms with E-state index in [0.29, 0.717) is 28.7 Å². The van der Waals surface area contributed by atoms with Gasteiger partial charge in [0.05, 0.1) is 12.3 Å². The highest BCUT2D eigenvalue weighted by atomic mass is 32.2. The molecule has 27 heavy (non-hydrogen) atoms. The number of carbonyl (C=O) groups is 2. The molecule has 0 aliphatic rings. The molecule has 0 aliphatic heterocycles. The van der Waals surface area contributed by atoms with E-state index in [1.54, 1.807) is 44.4 Å². The Labute approximate surface area is 165 Å². The van der Waals surface area contributed by atoms with Gasteiger partial charge in [0, 0.05) is 24.6 Å². The van der Waals surface area contributed by atoms with E-state index in [9.17, 15) is 9.59 Å². The molecule has 0 aliphatic carbocycles. The molecule has 0 atom stereocenters. The number of rotatable bonds is 7. The molecule has 2 aromatic carbocycles. The van der Waals surface area contributed by atoms with Crippen LogP contribution in [0.1, 0.15) is 30.6 Å². The maximum absolute atomic E-state index is 12.5. The van der Waals surface area contributed by atoms with Crippen molar-refractivity contribution >= 4 is 28.6 Å². The molecule has 0 saturated heterocycles. The minimum Gasteiger partial charge on any atom is -0.494 e. The van der Waals surface area contributed by atoms with Crippen LogP contribution < -0.4 is 10.1 Å². The number of thioether (sulfide) groups is 1. The van der Waals surface area contributed by atoms with Crippen molar-refractivity contribution in [1.82, 2.24) is 4.90 Å². The molecule has 2 aromatic rings. The van der Waals surface area contributed by atoms with Crippen LogP contribution in [-0.4, -0.2) is 36.7 Å². The monoisotopic (exact) mass is 386 g/mol. The summed E-state index contributed by atoms with van der Waals surface area (Å²) in [4.78, 5) is 26.7. The fourth-order valence-electron chi connectivity index (χ4n) is 2.15. The highest BCUT2D eigenvalue weighted by Crippen LogP contribution is 2.29. The summed E-state index contributed by atoms with van der Waals surface area (Å²) < 4.78 is 5.68. The third-order valence-electron chi connectivity index (χ3n) is 3.78. The zero-order valence-corrected chi connectivity index (χ0v) is 17.0. The minimum absolute atomic E-state index is 0.0976. The number of ether oxygens (including phenoxy) is 1. The van der Waals surface area contributed by atoms with Gasteiger partial charge in [-0.3, -0.25) is 9.59 Å². The van der Waals surface area contributed by atoms with Gasteiger partial charge in [-0.25, -0.2) is 0 Å². The lowest BCUT2D eigenvalue weighted by atomic mass is 10.1. The van der Waals surface area contributed by atoms with Gasteiger partial charge >= 0.3 is 0 Å². The number of para-hydroxylation sites is 1. The maximum Gasteiger partial charge on any atom is 0.286 e. The van der Waals surface area contributed by atoms with Crippen LogP contribution in [0, 0.1) is 5.92 Å². The van der Waals surface area contributed by atoms with Crippen LogP contribution in [0.3, 0.4) is 0 Å². The molecule has 0 spiro atoms. The first-order valence-electron chi connectivity index (χ1n) is 8.89. The summed E-state index contributed by atoms with van der Waals surface area (Å²) in [6.07, 6.45) is 0.988. The van der Waals surface area contributed by atoms with Gasteiger partial charge in [0.25, 0.3) is 11.1 Å². The van der Waals surface area contributed by atoms with Crippen molar-refractivity contribution in [3.05, 3.63) is 54.1 Å². The Balaban J connectivity index is 2.02. The van der Waals surface area contributed by atoms with E-state index in [4.69, 9.17) is 4.74 Å². The Morgan fingerprint density at radius 1 is 1.07 bits per heavy atom. The summed E-state index contributed by atoms with van der Waals surface area (Å²) in [6, 6.07) is 14.3. The number of nitrogens with zero attached hydrogens (tertiary/aromatic N) is 1. The smallest absolute Gasteiger partial charge is 0.286 e. The fraction of sp³-hybridized carbons (Fsp3) is 0.333. The second kappa shape index (κ2) is 10.0. The number of amides is 2. The molecule has 144 valence electrons. The van der Waals surface area contributed by atoms with E-state index in [1.807, 2.05) is 18.2 Å². The highest BCUT2D eigenvalue weighted by molar-refractivity contribution is 8.13. The van der Waals surface area contributed by atoms with Gasteiger partial charge in [0.1, 0.15) is 5.75 Å². The summed E-state index contributed by atoms with van der Waals surface area (Å²) in [5.41, 5.74) is 1.14. The molecule has 5 nitrogen and oxygen atoms in total. The van der Waals surface area contributed by atoms with Gasteiger partial charge in [0.2, 0.25) is 0 Å². The second-order valence-electron chi connectivity index (χ2n) is 6.77. The number of nitrogens with one attached hydrogen (secondary N) is 1. The van der Waals surface area contributed by atoms with Gasteiger partial charge in [0.15, 0.2) is 0 Å². The van der Waals surface area contributed by atoms with Gasteiger partial charge < -0.3 is 15.0 Å². The van der Waals surface area contributed by atoms with Crippen molar-refractivity contribution in [2.45, 2.75) is 25.2 Å². The number of benzene rings is 2. The summed E-state index contributed by atoms with van der Waals surface area (Å²) in [7, 11) is 3.39. The van der Waals surface area contributed by atoms with Crippen molar-refractivity contribution in [3.63, 3.8) is 0 Å². The zero-order chi connectivity index (χ0) is 19.8. The quantitative estimate of drug-likeness (QED) is 0.670. The Morgan fingerprint density at radius 3 is 2.37 bits per heavy atom. The standard InChI is InChI=1S/C21H26N2O3S/c1-15(2)13-14-26-17-11-9-16(10-12-17)20(24)22-18-7-5-6-8-19(18)27-21(25)23(3)4/h5-12,15H,13-14H2,1-4H3,(H,22,24). The minimum atomic E-state index is -0.228. The van der Waals surface area contributed by atoms with Crippen LogP contribution in [0.15, 0.2) is 53.4 Å². The summed E-state index contributed by atoms with van der Waals surface area (Å²) in [5.74, 6) is 1.11. The van der Waals surface area contributed by atoms with Crippen LogP contribution in [-0.2, 0) is 0 Å². The Bertz CT molecular complexity index is 773. The molecule has 0 radical (unpaired) electrons. The van der Waals surface area contributed by atoms with E-state index < -0.39 is 0 Å². The second-order valence-corrected chi connectivity index (χ2v) is 7.76. The topological polar surface area (TPSA) is 58.6 Å². The van der Waals surface area contributed by atoms with Crippen molar-refractivity contribution in [2.24, 2.45) is 5.92 Å². The number of carbonyl (C=O) groups excluding carboxylic acids is 2. The van der Waals surface area contributed by atoms with Crippen molar-refractivity contribution in [3.8, 4) is 5.75 Å². The molecule has 2 amide bonds. The third kappa shape index (κ3) is 6.64. The van der Waals surface area contributed by atoms with Gasteiger partial charge in [-0.15, -0.1) is 0 Å². The Kier molecular flexibility index (Phi) is 7.73. The molecule has 0 bridgehead atoms. The van der Waals surface area contributed by atoms with E-state index >= 15 is 0 Å². The third-order valence-corrected chi connectivity index (χ3v) is 4.89. The number of anilines is 1. The molecule has 0 fully saturated rings. The summed E-state index contributed by atoms with van der Waals surface area (Å²) >= 11 is 1.08. The summed E-state index contributed by atoms with van der Waals surface area (Å²) in [5, 5.41) is 2.78. The molecule has 0 unspecified atom stereocenters. The fourth-order valence-corrected chi connectivity index (χ4v) is 2.90. The van der Waals surface area contributed by atoms with Crippen molar-refractivity contribution in [1.29, 1.82) is 0 Å². The molecular weight excluding hydrogens is 360 g/mol. The average Bonchev–Trinajstić information content (AvgIpc) is 2.63. The lowest BCUT2D eigenvalue weighted by Gasteiger charge is -2.13. The lowest BCUT2D eigenvalue weighted by Crippen LogP contribution is -2.17. The average molecular weight is 387 g/mol. The Hall–Kier alpha value is -2.47. The van der Waals surface area contributed by atoms with Crippen LogP contribution in [0.5, 0.6) is 5.75 Å². The molecule has 2 rings (SSSR count). The van der Waals surface area contributed by atoms with Crippen molar-refractivity contribution in [2.75, 3.05) is 26.0 Å². The zero-order valence-electron chi connectivity index (χ0n) is 16.2. The first-order chi connectivity index (χ1) is 12.9. The van der Waals surface area contributed by atoms with E-state index in [2.05, 4.69) is 19.2 Å². The molecule has 0 heterocycles. The normalized spacial score (nSPS) is 10.6. The predicted octanol–water partition coefficient (Wildman–Crippen LogP) is 5.14. The van der Waals surface area contributed by atoms with Crippen LogP contribution in [0.2, 0.25) is 0 Å². The summed E-state index contributed by atoms with van der Waals surface area (Å²) in [6.45, 7) is 4.96. The van der Waals surface area contributed by atoms with E-state index in [0.717, 1.165) is 23.9 Å². The molecule has 6 heteroatoms. The largest absolute Gasteiger partial charge is 0.494 e.